The summed E-state index contributed by atoms with van der Waals surface area (Å²) < 4.78 is 0. The SMILES string of the molecule is C/C(=N\NC(=O)c1nc(Cl)c(Cl)c(N)c1Cl)c1ccc(C#N)cc1. The molecule has 1 amide bonds. The van der Waals surface area contributed by atoms with Crippen LogP contribution in [-0.4, -0.2) is 16.6 Å². The van der Waals surface area contributed by atoms with Crippen molar-refractivity contribution in [2.75, 3.05) is 5.73 Å². The summed E-state index contributed by atoms with van der Waals surface area (Å²) in [6.07, 6.45) is 0. The number of anilines is 1. The lowest BCUT2D eigenvalue weighted by atomic mass is 10.1. The second-order valence-corrected chi connectivity index (χ2v) is 5.73. The van der Waals surface area contributed by atoms with E-state index in [0.717, 1.165) is 5.56 Å². The first-order valence-electron chi connectivity index (χ1n) is 6.50. The van der Waals surface area contributed by atoms with Gasteiger partial charge in [0, 0.05) is 0 Å². The zero-order valence-corrected chi connectivity index (χ0v) is 14.5. The molecule has 0 fully saturated rings. The molecule has 24 heavy (non-hydrogen) atoms. The Morgan fingerprint density at radius 3 is 2.46 bits per heavy atom. The molecule has 9 heteroatoms. The number of carbonyl (C=O) groups excluding carboxylic acids is 1. The van der Waals surface area contributed by atoms with E-state index in [4.69, 9.17) is 45.8 Å². The molecule has 1 aromatic heterocycles. The zero-order chi connectivity index (χ0) is 17.9. The van der Waals surface area contributed by atoms with E-state index in [2.05, 4.69) is 15.5 Å². The van der Waals surface area contributed by atoms with Crippen LogP contribution >= 0.6 is 34.8 Å². The monoisotopic (exact) mass is 381 g/mol. The highest BCUT2D eigenvalue weighted by molar-refractivity contribution is 6.46. The molecule has 0 spiro atoms. The van der Waals surface area contributed by atoms with Gasteiger partial charge in [-0.2, -0.15) is 10.4 Å². The number of pyridine rings is 1. The van der Waals surface area contributed by atoms with Crippen molar-refractivity contribution in [2.45, 2.75) is 6.92 Å². The first-order valence-corrected chi connectivity index (χ1v) is 7.63. The average molecular weight is 383 g/mol. The molecule has 2 rings (SSSR count). The summed E-state index contributed by atoms with van der Waals surface area (Å²) in [5, 5.41) is 12.5. The third kappa shape index (κ3) is 3.77. The van der Waals surface area contributed by atoms with E-state index in [1.54, 1.807) is 31.2 Å². The van der Waals surface area contributed by atoms with Gasteiger partial charge in [-0.3, -0.25) is 4.79 Å². The Morgan fingerprint density at radius 1 is 1.25 bits per heavy atom. The Morgan fingerprint density at radius 2 is 1.88 bits per heavy atom. The van der Waals surface area contributed by atoms with E-state index < -0.39 is 5.91 Å². The second kappa shape index (κ2) is 7.49. The van der Waals surface area contributed by atoms with Crippen molar-refractivity contribution in [3.63, 3.8) is 0 Å². The molecule has 0 saturated heterocycles. The van der Waals surface area contributed by atoms with E-state index in [1.165, 1.54) is 0 Å². The van der Waals surface area contributed by atoms with Gasteiger partial charge in [-0.15, -0.1) is 0 Å². The molecule has 0 bridgehead atoms. The predicted octanol–water partition coefficient (Wildman–Crippen LogP) is 3.65. The quantitative estimate of drug-likeness (QED) is 0.480. The van der Waals surface area contributed by atoms with Crippen LogP contribution < -0.4 is 11.2 Å². The number of nitrogens with zero attached hydrogens (tertiary/aromatic N) is 3. The first kappa shape index (κ1) is 18.0. The maximum absolute atomic E-state index is 12.2. The third-order valence-electron chi connectivity index (χ3n) is 3.04. The average Bonchev–Trinajstić information content (AvgIpc) is 2.60. The molecule has 1 aromatic carbocycles. The lowest BCUT2D eigenvalue weighted by Crippen LogP contribution is -2.21. The molecule has 0 aliphatic rings. The number of hydrazone groups is 1. The molecule has 3 N–H and O–H groups in total. The molecule has 0 unspecified atom stereocenters. The maximum atomic E-state index is 12.2. The van der Waals surface area contributed by atoms with Gasteiger partial charge in [-0.25, -0.2) is 10.4 Å². The Kier molecular flexibility index (Phi) is 5.62. The Balaban J connectivity index is 2.22. The van der Waals surface area contributed by atoms with Gasteiger partial charge >= 0.3 is 0 Å². The van der Waals surface area contributed by atoms with Crippen molar-refractivity contribution in [3.05, 3.63) is 56.3 Å². The fourth-order valence-corrected chi connectivity index (χ4v) is 2.31. The Labute approximate surface area is 152 Å². The highest BCUT2D eigenvalue weighted by Gasteiger charge is 2.19. The molecular formula is C15H10Cl3N5O. The minimum absolute atomic E-state index is 0.0181. The summed E-state index contributed by atoms with van der Waals surface area (Å²) in [4.78, 5) is 16.0. The van der Waals surface area contributed by atoms with E-state index >= 15 is 0 Å². The third-order valence-corrected chi connectivity index (χ3v) is 4.18. The van der Waals surface area contributed by atoms with Crippen LogP contribution in [0.3, 0.4) is 0 Å². The van der Waals surface area contributed by atoms with Crippen molar-refractivity contribution in [3.8, 4) is 6.07 Å². The van der Waals surface area contributed by atoms with Crippen molar-refractivity contribution in [2.24, 2.45) is 5.10 Å². The summed E-state index contributed by atoms with van der Waals surface area (Å²) in [6.45, 7) is 1.69. The van der Waals surface area contributed by atoms with Gasteiger partial charge in [-0.05, 0) is 24.6 Å². The van der Waals surface area contributed by atoms with Gasteiger partial charge in [0.1, 0.15) is 5.02 Å². The lowest BCUT2D eigenvalue weighted by molar-refractivity contribution is 0.0950. The summed E-state index contributed by atoms with van der Waals surface area (Å²) in [6, 6.07) is 8.74. The van der Waals surface area contributed by atoms with Crippen LogP contribution in [0.15, 0.2) is 29.4 Å². The van der Waals surface area contributed by atoms with Crippen LogP contribution in [0.25, 0.3) is 0 Å². The van der Waals surface area contributed by atoms with E-state index in [0.29, 0.717) is 11.3 Å². The van der Waals surface area contributed by atoms with E-state index in [1.807, 2.05) is 6.07 Å². The molecule has 2 aromatic rings. The summed E-state index contributed by atoms with van der Waals surface area (Å²) in [5.74, 6) is -0.682. The van der Waals surface area contributed by atoms with Gasteiger partial charge in [-0.1, -0.05) is 46.9 Å². The number of aromatic nitrogens is 1. The number of rotatable bonds is 3. The van der Waals surface area contributed by atoms with Gasteiger partial charge in [0.05, 0.1) is 28.1 Å². The molecule has 122 valence electrons. The fraction of sp³-hybridized carbons (Fsp3) is 0.0667. The smallest absolute Gasteiger partial charge is 0.291 e. The lowest BCUT2D eigenvalue weighted by Gasteiger charge is -2.08. The number of nitriles is 1. The van der Waals surface area contributed by atoms with Gasteiger partial charge < -0.3 is 5.73 Å². The molecule has 0 aliphatic carbocycles. The highest BCUT2D eigenvalue weighted by atomic mass is 35.5. The number of hydrogen-bond acceptors (Lipinski definition) is 5. The van der Waals surface area contributed by atoms with Crippen molar-refractivity contribution < 1.29 is 4.79 Å². The molecule has 0 saturated carbocycles. The normalized spacial score (nSPS) is 11.0. The van der Waals surface area contributed by atoms with Crippen molar-refractivity contribution in [1.29, 1.82) is 5.26 Å². The summed E-state index contributed by atoms with van der Waals surface area (Å²) in [5.41, 5.74) is 9.56. The maximum Gasteiger partial charge on any atom is 0.291 e. The predicted molar refractivity (Wildman–Crippen MR) is 94.5 cm³/mol. The minimum Gasteiger partial charge on any atom is -0.396 e. The van der Waals surface area contributed by atoms with E-state index in [-0.39, 0.29) is 26.6 Å². The number of nitrogens with one attached hydrogen (secondary N) is 1. The van der Waals surface area contributed by atoms with Crippen LogP contribution in [-0.2, 0) is 0 Å². The summed E-state index contributed by atoms with van der Waals surface area (Å²) >= 11 is 17.6. The van der Waals surface area contributed by atoms with Crippen LogP contribution in [0.2, 0.25) is 15.2 Å². The number of hydrogen-bond donors (Lipinski definition) is 2. The molecule has 1 heterocycles. The van der Waals surface area contributed by atoms with Crippen molar-refractivity contribution in [1.82, 2.24) is 10.4 Å². The number of halogens is 3. The van der Waals surface area contributed by atoms with Gasteiger partial charge in [0.2, 0.25) is 0 Å². The number of benzene rings is 1. The highest BCUT2D eigenvalue weighted by Crippen LogP contribution is 2.34. The zero-order valence-electron chi connectivity index (χ0n) is 12.3. The summed E-state index contributed by atoms with van der Waals surface area (Å²) in [7, 11) is 0. The largest absolute Gasteiger partial charge is 0.396 e. The first-order chi connectivity index (χ1) is 11.3. The molecule has 0 aliphatic heterocycles. The number of nitrogens with two attached hydrogens (primary N) is 1. The fourth-order valence-electron chi connectivity index (χ4n) is 1.72. The minimum atomic E-state index is -0.682. The Hall–Kier alpha value is -2.33. The van der Waals surface area contributed by atoms with Crippen LogP contribution in [0.1, 0.15) is 28.5 Å². The second-order valence-electron chi connectivity index (χ2n) is 4.62. The molecule has 0 atom stereocenters. The number of amides is 1. The van der Waals surface area contributed by atoms with Crippen molar-refractivity contribution >= 4 is 52.1 Å². The molecule has 6 nitrogen and oxygen atoms in total. The number of nitrogen functional groups attached to an aromatic ring is 1. The topological polar surface area (TPSA) is 104 Å². The standard InChI is InChI=1S/C15H10Cl3N5O/c1-7(9-4-2-8(6-19)3-5-9)22-23-15(24)13-10(16)12(20)11(17)14(18)21-13/h2-5H,1H3,(H2,20,21)(H,23,24)/b22-7+. The molecule has 0 radical (unpaired) electrons. The van der Waals surface area contributed by atoms with Crippen LogP contribution in [0.5, 0.6) is 0 Å². The number of carbonyl (C=O) groups is 1. The van der Waals surface area contributed by atoms with Crippen LogP contribution in [0, 0.1) is 11.3 Å². The molecular weight excluding hydrogens is 373 g/mol. The van der Waals surface area contributed by atoms with Gasteiger partial charge in [0.25, 0.3) is 5.91 Å². The van der Waals surface area contributed by atoms with Gasteiger partial charge in [0.15, 0.2) is 10.8 Å². The van der Waals surface area contributed by atoms with Crippen LogP contribution in [0.4, 0.5) is 5.69 Å². The Bertz CT molecular complexity index is 872. The van der Waals surface area contributed by atoms with E-state index in [9.17, 15) is 4.79 Å².